The van der Waals surface area contributed by atoms with E-state index in [2.05, 4.69) is 41.4 Å². The van der Waals surface area contributed by atoms with Crippen LogP contribution in [0.5, 0.6) is 0 Å². The van der Waals surface area contributed by atoms with Crippen molar-refractivity contribution in [3.63, 3.8) is 0 Å². The fourth-order valence-corrected chi connectivity index (χ4v) is 2.99. The molecule has 3 rings (SSSR count). The molecule has 0 heterocycles. The van der Waals surface area contributed by atoms with E-state index in [0.29, 0.717) is 0 Å². The molecule has 0 bridgehead atoms. The molecule has 20 heavy (non-hydrogen) atoms. The predicted molar refractivity (Wildman–Crippen MR) is 84.8 cm³/mol. The third-order valence-corrected chi connectivity index (χ3v) is 4.57. The molecule has 0 spiro atoms. The Kier molecular flexibility index (Phi) is 4.74. The van der Waals surface area contributed by atoms with Gasteiger partial charge in [0.15, 0.2) is 0 Å². The average molecular weight is 272 g/mol. The Balaban J connectivity index is 1.61. The molecule has 0 aliphatic heterocycles. The highest BCUT2D eigenvalue weighted by Gasteiger charge is 2.33. The van der Waals surface area contributed by atoms with Gasteiger partial charge in [0.05, 0.1) is 0 Å². The summed E-state index contributed by atoms with van der Waals surface area (Å²) in [6, 6.07) is 9.93. The van der Waals surface area contributed by atoms with Crippen LogP contribution in [0.15, 0.2) is 24.3 Å². The molecule has 2 heteroatoms. The molecule has 2 aliphatic rings. The molecule has 2 nitrogen and oxygen atoms in total. The van der Waals surface area contributed by atoms with Gasteiger partial charge in [-0.05, 0) is 62.2 Å². The molecule has 2 saturated carbocycles. The van der Waals surface area contributed by atoms with Crippen LogP contribution in [0.4, 0.5) is 0 Å². The van der Waals surface area contributed by atoms with E-state index in [1.807, 2.05) is 0 Å². The first kappa shape index (κ1) is 14.1. The van der Waals surface area contributed by atoms with Gasteiger partial charge in [0, 0.05) is 19.1 Å². The summed E-state index contributed by atoms with van der Waals surface area (Å²) in [6.07, 6.45) is 6.93. The second kappa shape index (κ2) is 6.73. The molecule has 0 aromatic heterocycles. The minimum atomic E-state index is 0.887. The van der Waals surface area contributed by atoms with E-state index in [4.69, 9.17) is 0 Å². The SMILES string of the molecule is CCNCCc1ccccc1CN(CC1CC1)C1CC1. The molecule has 2 aliphatic carbocycles. The van der Waals surface area contributed by atoms with Crippen LogP contribution >= 0.6 is 0 Å². The van der Waals surface area contributed by atoms with Crippen molar-refractivity contribution in [3.8, 4) is 0 Å². The highest BCUT2D eigenvalue weighted by molar-refractivity contribution is 5.27. The Morgan fingerprint density at radius 1 is 1.10 bits per heavy atom. The maximum Gasteiger partial charge on any atom is 0.0239 e. The molecule has 0 amide bonds. The fraction of sp³-hybridized carbons (Fsp3) is 0.667. The van der Waals surface area contributed by atoms with E-state index >= 15 is 0 Å². The first-order valence-corrected chi connectivity index (χ1v) is 8.38. The van der Waals surface area contributed by atoms with Gasteiger partial charge in [-0.1, -0.05) is 31.2 Å². The largest absolute Gasteiger partial charge is 0.317 e. The van der Waals surface area contributed by atoms with Crippen LogP contribution in [0.1, 0.15) is 43.7 Å². The molecular weight excluding hydrogens is 244 g/mol. The number of rotatable bonds is 9. The molecule has 0 unspecified atom stereocenters. The van der Waals surface area contributed by atoms with E-state index in [1.165, 1.54) is 44.3 Å². The Morgan fingerprint density at radius 2 is 1.85 bits per heavy atom. The number of benzene rings is 1. The zero-order chi connectivity index (χ0) is 13.8. The molecular formula is C18H28N2. The summed E-state index contributed by atoms with van der Waals surface area (Å²) in [6.45, 7) is 6.85. The van der Waals surface area contributed by atoms with Gasteiger partial charge in [0.1, 0.15) is 0 Å². The van der Waals surface area contributed by atoms with Gasteiger partial charge in [-0.15, -0.1) is 0 Å². The van der Waals surface area contributed by atoms with Crippen molar-refractivity contribution in [2.45, 2.75) is 51.6 Å². The monoisotopic (exact) mass is 272 g/mol. The number of hydrogen-bond donors (Lipinski definition) is 1. The number of likely N-dealkylation sites (N-methyl/N-ethyl adjacent to an activating group) is 1. The molecule has 1 aromatic carbocycles. The minimum Gasteiger partial charge on any atom is -0.317 e. The van der Waals surface area contributed by atoms with Gasteiger partial charge in [-0.2, -0.15) is 0 Å². The quantitative estimate of drug-likeness (QED) is 0.694. The summed E-state index contributed by atoms with van der Waals surface area (Å²) in [5.74, 6) is 1.00. The Morgan fingerprint density at radius 3 is 2.50 bits per heavy atom. The zero-order valence-electron chi connectivity index (χ0n) is 12.8. The van der Waals surface area contributed by atoms with Crippen molar-refractivity contribution < 1.29 is 0 Å². The van der Waals surface area contributed by atoms with Crippen LogP contribution in [-0.2, 0) is 13.0 Å². The highest BCUT2D eigenvalue weighted by atomic mass is 15.2. The lowest BCUT2D eigenvalue weighted by Gasteiger charge is -2.23. The normalized spacial score (nSPS) is 18.7. The van der Waals surface area contributed by atoms with Crippen molar-refractivity contribution in [1.29, 1.82) is 0 Å². The lowest BCUT2D eigenvalue weighted by Crippen LogP contribution is -2.28. The van der Waals surface area contributed by atoms with E-state index in [-0.39, 0.29) is 0 Å². The summed E-state index contributed by atoms with van der Waals surface area (Å²) in [5, 5.41) is 3.44. The topological polar surface area (TPSA) is 15.3 Å². The van der Waals surface area contributed by atoms with Gasteiger partial charge in [-0.25, -0.2) is 0 Å². The third kappa shape index (κ3) is 4.07. The van der Waals surface area contributed by atoms with Crippen LogP contribution in [0, 0.1) is 5.92 Å². The van der Waals surface area contributed by atoms with E-state index in [9.17, 15) is 0 Å². The summed E-state index contributed by atoms with van der Waals surface area (Å²) >= 11 is 0. The van der Waals surface area contributed by atoms with Crippen molar-refractivity contribution >= 4 is 0 Å². The molecule has 1 N–H and O–H groups in total. The second-order valence-electron chi connectivity index (χ2n) is 6.48. The summed E-state index contributed by atoms with van der Waals surface area (Å²) in [7, 11) is 0. The summed E-state index contributed by atoms with van der Waals surface area (Å²) < 4.78 is 0. The minimum absolute atomic E-state index is 0.887. The Bertz CT molecular complexity index is 421. The number of nitrogens with zero attached hydrogens (tertiary/aromatic N) is 1. The van der Waals surface area contributed by atoms with E-state index < -0.39 is 0 Å². The molecule has 110 valence electrons. The standard InChI is InChI=1S/C18H28N2/c1-2-19-12-11-16-5-3-4-6-17(16)14-20(18-9-10-18)13-15-7-8-15/h3-6,15,18-19H,2,7-14H2,1H3. The second-order valence-corrected chi connectivity index (χ2v) is 6.48. The Hall–Kier alpha value is -0.860. The number of hydrogen-bond acceptors (Lipinski definition) is 2. The van der Waals surface area contributed by atoms with Crippen LogP contribution in [0.2, 0.25) is 0 Å². The third-order valence-electron chi connectivity index (χ3n) is 4.57. The molecule has 1 aromatic rings. The van der Waals surface area contributed by atoms with Gasteiger partial charge >= 0.3 is 0 Å². The summed E-state index contributed by atoms with van der Waals surface area (Å²) in [4.78, 5) is 2.75. The van der Waals surface area contributed by atoms with Gasteiger partial charge in [-0.3, -0.25) is 4.90 Å². The lowest BCUT2D eigenvalue weighted by atomic mass is 10.0. The predicted octanol–water partition coefficient (Wildman–Crippen LogP) is 3.21. The van der Waals surface area contributed by atoms with Crippen LogP contribution < -0.4 is 5.32 Å². The van der Waals surface area contributed by atoms with Crippen molar-refractivity contribution in [3.05, 3.63) is 35.4 Å². The maximum absolute atomic E-state index is 3.44. The van der Waals surface area contributed by atoms with Crippen LogP contribution in [-0.4, -0.2) is 30.6 Å². The average Bonchev–Trinajstić information content (AvgIpc) is 3.34. The number of nitrogens with one attached hydrogen (secondary N) is 1. The lowest BCUT2D eigenvalue weighted by molar-refractivity contribution is 0.243. The molecule has 0 radical (unpaired) electrons. The summed E-state index contributed by atoms with van der Waals surface area (Å²) in [5.41, 5.74) is 3.09. The Labute approximate surface area is 123 Å². The van der Waals surface area contributed by atoms with Crippen molar-refractivity contribution in [2.24, 2.45) is 5.92 Å². The van der Waals surface area contributed by atoms with Gasteiger partial charge < -0.3 is 5.32 Å². The van der Waals surface area contributed by atoms with Crippen LogP contribution in [0.25, 0.3) is 0 Å². The van der Waals surface area contributed by atoms with Gasteiger partial charge in [0.25, 0.3) is 0 Å². The first-order valence-electron chi connectivity index (χ1n) is 8.38. The smallest absolute Gasteiger partial charge is 0.0239 e. The van der Waals surface area contributed by atoms with E-state index in [0.717, 1.165) is 31.5 Å². The first-order chi connectivity index (χ1) is 9.86. The molecule has 0 saturated heterocycles. The zero-order valence-corrected chi connectivity index (χ0v) is 12.8. The molecule has 0 atom stereocenters. The maximum atomic E-state index is 3.44. The van der Waals surface area contributed by atoms with Crippen molar-refractivity contribution in [1.82, 2.24) is 10.2 Å². The van der Waals surface area contributed by atoms with Crippen molar-refractivity contribution in [2.75, 3.05) is 19.6 Å². The van der Waals surface area contributed by atoms with Gasteiger partial charge in [0.2, 0.25) is 0 Å². The van der Waals surface area contributed by atoms with Crippen LogP contribution in [0.3, 0.4) is 0 Å². The van der Waals surface area contributed by atoms with E-state index in [1.54, 1.807) is 5.56 Å². The molecule has 2 fully saturated rings. The fourth-order valence-electron chi connectivity index (χ4n) is 2.99. The highest BCUT2D eigenvalue weighted by Crippen LogP contribution is 2.35.